The number of imidazole rings is 1. The van der Waals surface area contributed by atoms with Crippen LogP contribution in [0, 0.1) is 6.92 Å². The summed E-state index contributed by atoms with van der Waals surface area (Å²) in [5.41, 5.74) is 3.63. The van der Waals surface area contributed by atoms with Crippen LogP contribution in [0.3, 0.4) is 0 Å². The molecule has 0 saturated heterocycles. The van der Waals surface area contributed by atoms with Crippen LogP contribution in [0.1, 0.15) is 55.2 Å². The van der Waals surface area contributed by atoms with E-state index in [4.69, 9.17) is 9.84 Å². The summed E-state index contributed by atoms with van der Waals surface area (Å²) < 4.78 is 9.90. The monoisotopic (exact) mass is 521 g/mol. The summed E-state index contributed by atoms with van der Waals surface area (Å²) in [6.07, 6.45) is 7.53. The molecule has 6 rings (SSSR count). The van der Waals surface area contributed by atoms with Crippen LogP contribution in [0.25, 0.3) is 11.3 Å². The van der Waals surface area contributed by atoms with E-state index in [9.17, 15) is 4.79 Å². The minimum absolute atomic E-state index is 0.180. The molecular formula is C30H31N7O2. The highest BCUT2D eigenvalue weighted by Gasteiger charge is 2.24. The number of carbonyl (C=O) groups excluding carboxylic acids is 1. The van der Waals surface area contributed by atoms with Crippen LogP contribution in [0.15, 0.2) is 73.2 Å². The highest BCUT2D eigenvalue weighted by atomic mass is 16.5. The first-order chi connectivity index (χ1) is 18.8. The van der Waals surface area contributed by atoms with Crippen LogP contribution < -0.4 is 15.4 Å². The number of nitrogens with zero attached hydrogens (tertiary/aromatic N) is 5. The Labute approximate surface area is 226 Å². The van der Waals surface area contributed by atoms with Gasteiger partial charge in [0.2, 0.25) is 5.88 Å². The fraction of sp³-hybridized carbons (Fsp3) is 0.267. The molecule has 2 aromatic carbocycles. The van der Waals surface area contributed by atoms with E-state index in [2.05, 4.69) is 41.4 Å². The van der Waals surface area contributed by atoms with Crippen molar-refractivity contribution >= 4 is 23.2 Å². The number of ether oxygens (including phenoxy) is 1. The zero-order valence-corrected chi connectivity index (χ0v) is 22.5. The molecule has 9 nitrogen and oxygen atoms in total. The molecule has 1 saturated carbocycles. The van der Waals surface area contributed by atoms with Gasteiger partial charge in [-0.3, -0.25) is 9.20 Å². The Morgan fingerprint density at radius 2 is 1.85 bits per heavy atom. The first-order valence-corrected chi connectivity index (χ1v) is 13.1. The van der Waals surface area contributed by atoms with Crippen molar-refractivity contribution in [3.63, 3.8) is 0 Å². The second-order valence-electron chi connectivity index (χ2n) is 10.9. The molecule has 0 unspecified atom stereocenters. The van der Waals surface area contributed by atoms with Gasteiger partial charge in [0.15, 0.2) is 11.5 Å². The van der Waals surface area contributed by atoms with Crippen molar-refractivity contribution in [1.29, 1.82) is 0 Å². The zero-order chi connectivity index (χ0) is 27.1. The number of anilines is 2. The average molecular weight is 522 g/mol. The third-order valence-electron chi connectivity index (χ3n) is 6.70. The van der Waals surface area contributed by atoms with Gasteiger partial charge in [0.05, 0.1) is 17.6 Å². The predicted octanol–water partition coefficient (Wildman–Crippen LogP) is 6.14. The van der Waals surface area contributed by atoms with Crippen LogP contribution in [0.2, 0.25) is 0 Å². The number of rotatable bonds is 7. The number of benzene rings is 2. The molecule has 1 fully saturated rings. The maximum absolute atomic E-state index is 13.5. The standard InChI is InChI=1S/C30H31N7O2/c1-19-10-11-20(16-23(19)39-26-18-32-27(33-21-12-13-21)28-31-14-15-36(26)28)29(38)34-25-17-24(30(2,3)4)35-37(25)22-8-6-5-7-9-22/h5-11,14-18,21H,12-13H2,1-4H3,(H,32,33)(H,34,38). The Balaban J connectivity index is 1.28. The number of nitrogens with one attached hydrogen (secondary N) is 2. The molecule has 198 valence electrons. The van der Waals surface area contributed by atoms with Gasteiger partial charge in [0, 0.05) is 35.5 Å². The number of fused-ring (bicyclic) bond motifs is 1. The fourth-order valence-electron chi connectivity index (χ4n) is 4.25. The first kappa shape index (κ1) is 24.7. The van der Waals surface area contributed by atoms with Crippen molar-refractivity contribution in [2.75, 3.05) is 10.6 Å². The molecule has 2 N–H and O–H groups in total. The Morgan fingerprint density at radius 1 is 1.05 bits per heavy atom. The topological polar surface area (TPSA) is 98.4 Å². The van der Waals surface area contributed by atoms with E-state index in [0.29, 0.717) is 34.7 Å². The SMILES string of the molecule is Cc1ccc(C(=O)Nc2cc(C(C)(C)C)nn2-c2ccccc2)cc1Oc1cnc(NC2CC2)c2nccn12. The van der Waals surface area contributed by atoms with Gasteiger partial charge in [0.25, 0.3) is 5.91 Å². The van der Waals surface area contributed by atoms with Crippen molar-refractivity contribution < 1.29 is 9.53 Å². The van der Waals surface area contributed by atoms with E-state index in [1.165, 1.54) is 0 Å². The van der Waals surface area contributed by atoms with E-state index < -0.39 is 0 Å². The van der Waals surface area contributed by atoms with Gasteiger partial charge in [0.1, 0.15) is 11.6 Å². The van der Waals surface area contributed by atoms with Crippen LogP contribution in [0.5, 0.6) is 11.6 Å². The van der Waals surface area contributed by atoms with Crippen LogP contribution >= 0.6 is 0 Å². The van der Waals surface area contributed by atoms with Crippen molar-refractivity contribution in [2.45, 2.75) is 52.0 Å². The maximum Gasteiger partial charge on any atom is 0.256 e. The van der Waals surface area contributed by atoms with Crippen molar-refractivity contribution in [3.8, 4) is 17.3 Å². The van der Waals surface area contributed by atoms with Gasteiger partial charge in [-0.25, -0.2) is 14.6 Å². The van der Waals surface area contributed by atoms with Gasteiger partial charge >= 0.3 is 0 Å². The fourth-order valence-corrected chi connectivity index (χ4v) is 4.25. The second-order valence-corrected chi connectivity index (χ2v) is 10.9. The second kappa shape index (κ2) is 9.58. The molecule has 3 heterocycles. The molecule has 9 heteroatoms. The van der Waals surface area contributed by atoms with Crippen LogP contribution in [-0.2, 0) is 5.41 Å². The number of aromatic nitrogens is 5. The van der Waals surface area contributed by atoms with E-state index >= 15 is 0 Å². The molecule has 3 aromatic heterocycles. The number of carbonyl (C=O) groups is 1. The van der Waals surface area contributed by atoms with Gasteiger partial charge in [-0.05, 0) is 49.6 Å². The Hall–Kier alpha value is -4.66. The number of para-hydroxylation sites is 1. The van der Waals surface area contributed by atoms with E-state index in [1.807, 2.05) is 60.0 Å². The van der Waals surface area contributed by atoms with Crippen molar-refractivity contribution in [1.82, 2.24) is 24.1 Å². The summed E-state index contributed by atoms with van der Waals surface area (Å²) >= 11 is 0. The molecule has 0 bridgehead atoms. The minimum atomic E-state index is -0.257. The third kappa shape index (κ3) is 5.07. The van der Waals surface area contributed by atoms with Crippen LogP contribution in [0.4, 0.5) is 11.6 Å². The lowest BCUT2D eigenvalue weighted by Gasteiger charge is -2.14. The number of hydrogen-bond acceptors (Lipinski definition) is 6. The summed E-state index contributed by atoms with van der Waals surface area (Å²) in [6.45, 7) is 8.24. The molecular weight excluding hydrogens is 490 g/mol. The molecule has 0 aliphatic heterocycles. The zero-order valence-electron chi connectivity index (χ0n) is 22.5. The summed E-state index contributed by atoms with van der Waals surface area (Å²) in [4.78, 5) is 22.5. The number of aryl methyl sites for hydroxylation is 1. The molecule has 39 heavy (non-hydrogen) atoms. The van der Waals surface area contributed by atoms with Gasteiger partial charge in [-0.15, -0.1) is 0 Å². The lowest BCUT2D eigenvalue weighted by atomic mass is 9.92. The third-order valence-corrected chi connectivity index (χ3v) is 6.70. The van der Waals surface area contributed by atoms with Crippen molar-refractivity contribution in [3.05, 3.63) is 90.0 Å². The van der Waals surface area contributed by atoms with Crippen molar-refractivity contribution in [2.24, 2.45) is 0 Å². The lowest BCUT2D eigenvalue weighted by Crippen LogP contribution is -2.15. The lowest BCUT2D eigenvalue weighted by molar-refractivity contribution is 0.102. The molecule has 0 atom stereocenters. The maximum atomic E-state index is 13.5. The molecule has 1 aliphatic carbocycles. The van der Waals surface area contributed by atoms with Gasteiger partial charge < -0.3 is 15.4 Å². The van der Waals surface area contributed by atoms with E-state index in [-0.39, 0.29) is 11.3 Å². The smallest absolute Gasteiger partial charge is 0.256 e. The summed E-state index contributed by atoms with van der Waals surface area (Å²) in [5, 5.41) is 11.3. The number of hydrogen-bond donors (Lipinski definition) is 2. The number of amides is 1. The van der Waals surface area contributed by atoms with Gasteiger partial charge in [-0.2, -0.15) is 5.10 Å². The molecule has 5 aromatic rings. The Morgan fingerprint density at radius 3 is 2.59 bits per heavy atom. The average Bonchev–Trinajstić information content (AvgIpc) is 3.40. The quantitative estimate of drug-likeness (QED) is 0.267. The Kier molecular flexibility index (Phi) is 6.06. The highest BCUT2D eigenvalue weighted by molar-refractivity contribution is 6.04. The molecule has 0 spiro atoms. The minimum Gasteiger partial charge on any atom is -0.438 e. The molecule has 1 aliphatic rings. The normalized spacial score (nSPS) is 13.4. The molecule has 0 radical (unpaired) electrons. The highest BCUT2D eigenvalue weighted by Crippen LogP contribution is 2.31. The summed E-state index contributed by atoms with van der Waals surface area (Å²) in [5.74, 6) is 2.16. The van der Waals surface area contributed by atoms with Crippen LogP contribution in [-0.4, -0.2) is 36.1 Å². The van der Waals surface area contributed by atoms with E-state index in [0.717, 1.165) is 35.6 Å². The summed E-state index contributed by atoms with van der Waals surface area (Å²) in [6, 6.07) is 17.6. The Bertz CT molecular complexity index is 1660. The predicted molar refractivity (Wildman–Crippen MR) is 151 cm³/mol. The van der Waals surface area contributed by atoms with E-state index in [1.54, 1.807) is 29.2 Å². The first-order valence-electron chi connectivity index (χ1n) is 13.1. The summed E-state index contributed by atoms with van der Waals surface area (Å²) in [7, 11) is 0. The largest absolute Gasteiger partial charge is 0.438 e. The van der Waals surface area contributed by atoms with Gasteiger partial charge in [-0.1, -0.05) is 45.0 Å². The molecule has 1 amide bonds.